The van der Waals surface area contributed by atoms with Crippen molar-refractivity contribution < 1.29 is 0 Å². The lowest BCUT2D eigenvalue weighted by Gasteiger charge is -2.57. The van der Waals surface area contributed by atoms with Gasteiger partial charge in [-0.1, -0.05) is 46.8 Å². The minimum absolute atomic E-state index is 0.478. The van der Waals surface area contributed by atoms with Gasteiger partial charge in [0.05, 0.1) is 0 Å². The normalized spacial score (nSPS) is 44.9. The number of nitrogens with zero attached hydrogens (tertiary/aromatic N) is 1. The van der Waals surface area contributed by atoms with Gasteiger partial charge in [-0.15, -0.1) is 0 Å². The van der Waals surface area contributed by atoms with Crippen molar-refractivity contribution in [3.05, 3.63) is 12.2 Å². The van der Waals surface area contributed by atoms with E-state index in [1.54, 1.807) is 0 Å². The predicted molar refractivity (Wildman–Crippen MR) is 72.9 cm³/mol. The van der Waals surface area contributed by atoms with Crippen LogP contribution in [0.2, 0.25) is 0 Å². The Bertz CT molecular complexity index is 363. The van der Waals surface area contributed by atoms with Gasteiger partial charge >= 0.3 is 0 Å². The second-order valence-electron chi connectivity index (χ2n) is 7.64. The Labute approximate surface area is 106 Å². The molecule has 2 fully saturated rings. The van der Waals surface area contributed by atoms with Crippen LogP contribution in [0.1, 0.15) is 48.0 Å². The molecule has 0 aromatic rings. The van der Waals surface area contributed by atoms with Crippen molar-refractivity contribution in [2.45, 2.75) is 60.0 Å². The average molecular weight is 233 g/mol. The summed E-state index contributed by atoms with van der Waals surface area (Å²) in [4.78, 5) is 2.74. The minimum atomic E-state index is 0.478. The molecule has 3 aliphatic rings. The van der Waals surface area contributed by atoms with Gasteiger partial charge in [0.1, 0.15) is 0 Å². The van der Waals surface area contributed by atoms with E-state index in [1.807, 2.05) is 0 Å². The van der Waals surface area contributed by atoms with Crippen molar-refractivity contribution >= 4 is 0 Å². The molecule has 3 atom stereocenters. The Balaban J connectivity index is 2.03. The molecule has 1 saturated heterocycles. The zero-order chi connectivity index (χ0) is 12.6. The second kappa shape index (κ2) is 2.99. The topological polar surface area (TPSA) is 3.24 Å². The van der Waals surface area contributed by atoms with E-state index in [-0.39, 0.29) is 0 Å². The Hall–Kier alpha value is -0.300. The van der Waals surface area contributed by atoms with Crippen LogP contribution in [0.25, 0.3) is 0 Å². The van der Waals surface area contributed by atoms with Crippen molar-refractivity contribution in [2.75, 3.05) is 6.54 Å². The molecule has 1 saturated carbocycles. The van der Waals surface area contributed by atoms with E-state index in [0.717, 1.165) is 18.0 Å². The minimum Gasteiger partial charge on any atom is -0.293 e. The van der Waals surface area contributed by atoms with Crippen LogP contribution in [-0.2, 0) is 0 Å². The monoisotopic (exact) mass is 233 g/mol. The predicted octanol–water partition coefficient (Wildman–Crippen LogP) is 3.71. The lowest BCUT2D eigenvalue weighted by molar-refractivity contribution is -0.0817. The van der Waals surface area contributed by atoms with Gasteiger partial charge in [-0.05, 0) is 30.1 Å². The maximum atomic E-state index is 2.74. The molecule has 96 valence electrons. The third-order valence-corrected chi connectivity index (χ3v) is 7.30. The molecule has 0 bridgehead atoms. The highest BCUT2D eigenvalue weighted by atomic mass is 15.3. The molecule has 1 heteroatoms. The lowest BCUT2D eigenvalue weighted by Crippen LogP contribution is -2.65. The molecule has 1 spiro atoms. The average Bonchev–Trinajstić information content (AvgIpc) is 2.71. The van der Waals surface area contributed by atoms with Gasteiger partial charge in [-0.3, -0.25) is 4.90 Å². The molecule has 1 nitrogen and oxygen atoms in total. The van der Waals surface area contributed by atoms with Crippen molar-refractivity contribution in [1.82, 2.24) is 4.90 Å². The van der Waals surface area contributed by atoms with Crippen LogP contribution in [-0.4, -0.2) is 23.5 Å². The second-order valence-corrected chi connectivity index (χ2v) is 7.64. The molecule has 0 radical (unpaired) electrons. The number of fused-ring (bicyclic) bond motifs is 2. The van der Waals surface area contributed by atoms with Gasteiger partial charge in [-0.25, -0.2) is 0 Å². The van der Waals surface area contributed by atoms with Crippen LogP contribution < -0.4 is 0 Å². The summed E-state index contributed by atoms with van der Waals surface area (Å²) in [7, 11) is 0. The van der Waals surface area contributed by atoms with Crippen LogP contribution in [0.4, 0.5) is 0 Å². The summed E-state index contributed by atoms with van der Waals surface area (Å²) in [6.45, 7) is 16.0. The van der Waals surface area contributed by atoms with Crippen LogP contribution in [0.3, 0.4) is 0 Å². The smallest absolute Gasteiger partial charge is 0.0212 e. The van der Waals surface area contributed by atoms with E-state index in [9.17, 15) is 0 Å². The molecule has 2 aliphatic heterocycles. The summed E-state index contributed by atoms with van der Waals surface area (Å²) in [6, 6.07) is 1.57. The Morgan fingerprint density at radius 3 is 2.12 bits per heavy atom. The molecule has 17 heavy (non-hydrogen) atoms. The van der Waals surface area contributed by atoms with Crippen molar-refractivity contribution in [2.24, 2.45) is 22.2 Å². The van der Waals surface area contributed by atoms with Crippen LogP contribution >= 0.6 is 0 Å². The molecule has 2 heterocycles. The zero-order valence-corrected chi connectivity index (χ0v) is 12.2. The van der Waals surface area contributed by atoms with Gasteiger partial charge in [0.25, 0.3) is 0 Å². The van der Waals surface area contributed by atoms with Gasteiger partial charge in [-0.2, -0.15) is 0 Å². The largest absolute Gasteiger partial charge is 0.293 e. The molecule has 0 N–H and O–H groups in total. The molecule has 0 aromatic heterocycles. The lowest BCUT2D eigenvalue weighted by atomic mass is 9.68. The maximum Gasteiger partial charge on any atom is 0.0212 e. The first-order chi connectivity index (χ1) is 7.79. The summed E-state index contributed by atoms with van der Waals surface area (Å²) in [6.07, 6.45) is 6.13. The fourth-order valence-electron chi connectivity index (χ4n) is 5.34. The summed E-state index contributed by atoms with van der Waals surface area (Å²) < 4.78 is 0. The molecule has 1 aliphatic carbocycles. The van der Waals surface area contributed by atoms with E-state index in [1.165, 1.54) is 13.0 Å². The van der Waals surface area contributed by atoms with Gasteiger partial charge in [0.15, 0.2) is 0 Å². The Morgan fingerprint density at radius 2 is 1.59 bits per heavy atom. The number of hydrogen-bond donors (Lipinski definition) is 0. The molecule has 0 amide bonds. The quantitative estimate of drug-likeness (QED) is 0.577. The van der Waals surface area contributed by atoms with Crippen LogP contribution in [0.5, 0.6) is 0 Å². The van der Waals surface area contributed by atoms with Crippen LogP contribution in [0.15, 0.2) is 12.2 Å². The Morgan fingerprint density at radius 1 is 1.00 bits per heavy atom. The highest BCUT2D eigenvalue weighted by Gasteiger charge is 2.81. The third-order valence-electron chi connectivity index (χ3n) is 7.30. The number of rotatable bonds is 0. The molecular weight excluding hydrogens is 206 g/mol. The van der Waals surface area contributed by atoms with E-state index >= 15 is 0 Å². The van der Waals surface area contributed by atoms with Crippen LogP contribution in [0, 0.1) is 22.2 Å². The first-order valence-corrected chi connectivity index (χ1v) is 7.20. The van der Waals surface area contributed by atoms with Gasteiger partial charge in [0.2, 0.25) is 0 Å². The fraction of sp³-hybridized carbons (Fsp3) is 0.875. The van der Waals surface area contributed by atoms with E-state index in [4.69, 9.17) is 0 Å². The van der Waals surface area contributed by atoms with E-state index in [2.05, 4.69) is 58.6 Å². The summed E-state index contributed by atoms with van der Waals surface area (Å²) in [5.41, 5.74) is 1.47. The standard InChI is InChI=1S/C16H27N/c1-11-12(2)17-10-8-7-9-16(13(11)17)14(3,4)15(16,5)6/h7-8,11-13H,9-10H2,1-6H3. The van der Waals surface area contributed by atoms with E-state index < -0.39 is 0 Å². The van der Waals surface area contributed by atoms with Crippen molar-refractivity contribution in [3.8, 4) is 0 Å². The third kappa shape index (κ3) is 0.985. The first kappa shape index (κ1) is 11.8. The van der Waals surface area contributed by atoms with E-state index in [0.29, 0.717) is 16.2 Å². The molecule has 3 rings (SSSR count). The zero-order valence-electron chi connectivity index (χ0n) is 12.2. The summed E-state index contributed by atoms with van der Waals surface area (Å²) in [5.74, 6) is 0.857. The summed E-state index contributed by atoms with van der Waals surface area (Å²) in [5, 5.41) is 0. The van der Waals surface area contributed by atoms with Gasteiger partial charge < -0.3 is 0 Å². The maximum absolute atomic E-state index is 2.74. The van der Waals surface area contributed by atoms with Gasteiger partial charge in [0, 0.05) is 24.0 Å². The summed E-state index contributed by atoms with van der Waals surface area (Å²) >= 11 is 0. The molecule has 3 unspecified atom stereocenters. The SMILES string of the molecule is CC1C(C)N2CC=CCC3(C12)C(C)(C)C3(C)C. The molecule has 0 aromatic carbocycles. The highest BCUT2D eigenvalue weighted by molar-refractivity contribution is 5.33. The molecular formula is C16H27N. The Kier molecular flexibility index (Phi) is 2.07. The van der Waals surface area contributed by atoms with Crippen molar-refractivity contribution in [3.63, 3.8) is 0 Å². The highest BCUT2D eigenvalue weighted by Crippen LogP contribution is 2.83. The number of hydrogen-bond acceptors (Lipinski definition) is 1. The van der Waals surface area contributed by atoms with Crippen molar-refractivity contribution in [1.29, 1.82) is 0 Å². The fourth-order valence-corrected chi connectivity index (χ4v) is 5.34. The first-order valence-electron chi connectivity index (χ1n) is 7.20. The number of allylic oxidation sites excluding steroid dienone is 1.